The maximum atomic E-state index is 5.65. The van der Waals surface area contributed by atoms with Crippen molar-refractivity contribution in [1.82, 2.24) is 10.2 Å². The van der Waals surface area contributed by atoms with Gasteiger partial charge in [-0.3, -0.25) is 4.99 Å². The molecule has 1 aromatic carbocycles. The summed E-state index contributed by atoms with van der Waals surface area (Å²) in [7, 11) is 3.71. The number of ether oxygens (including phenoxy) is 2. The van der Waals surface area contributed by atoms with Crippen LogP contribution in [0.2, 0.25) is 0 Å². The SMILES string of the molecule is CCCOc1ccc(CNC2=NCCN2C)cc1OC. The second kappa shape index (κ2) is 7.03. The highest BCUT2D eigenvalue weighted by atomic mass is 16.5. The molecule has 0 fully saturated rings. The molecule has 0 saturated heterocycles. The molecule has 1 aromatic rings. The molecule has 0 spiro atoms. The summed E-state index contributed by atoms with van der Waals surface area (Å²) < 4.78 is 11.0. The lowest BCUT2D eigenvalue weighted by Crippen LogP contribution is -2.35. The zero-order valence-electron chi connectivity index (χ0n) is 12.5. The van der Waals surface area contributed by atoms with Crippen molar-refractivity contribution in [2.75, 3.05) is 33.9 Å². The van der Waals surface area contributed by atoms with Crippen LogP contribution in [0.1, 0.15) is 18.9 Å². The first-order valence-electron chi connectivity index (χ1n) is 7.03. The van der Waals surface area contributed by atoms with E-state index in [1.165, 1.54) is 0 Å². The molecule has 0 radical (unpaired) electrons. The summed E-state index contributed by atoms with van der Waals surface area (Å²) in [6.07, 6.45) is 0.985. The Labute approximate surface area is 120 Å². The van der Waals surface area contributed by atoms with Gasteiger partial charge < -0.3 is 19.7 Å². The van der Waals surface area contributed by atoms with Gasteiger partial charge in [0.1, 0.15) is 0 Å². The molecule has 0 saturated carbocycles. The summed E-state index contributed by atoms with van der Waals surface area (Å²) in [5, 5.41) is 3.34. The summed E-state index contributed by atoms with van der Waals surface area (Å²) >= 11 is 0. The summed E-state index contributed by atoms with van der Waals surface area (Å²) in [6, 6.07) is 6.02. The Morgan fingerprint density at radius 3 is 2.85 bits per heavy atom. The van der Waals surface area contributed by atoms with Crippen molar-refractivity contribution in [3.8, 4) is 11.5 Å². The van der Waals surface area contributed by atoms with E-state index in [1.807, 2.05) is 19.2 Å². The van der Waals surface area contributed by atoms with E-state index in [0.29, 0.717) is 6.61 Å². The monoisotopic (exact) mass is 277 g/mol. The first-order chi connectivity index (χ1) is 9.74. The third-order valence-electron chi connectivity index (χ3n) is 3.20. The topological polar surface area (TPSA) is 46.1 Å². The summed E-state index contributed by atoms with van der Waals surface area (Å²) in [4.78, 5) is 6.53. The number of aliphatic imine (C=N–C) groups is 1. The van der Waals surface area contributed by atoms with E-state index >= 15 is 0 Å². The fourth-order valence-corrected chi connectivity index (χ4v) is 2.06. The van der Waals surface area contributed by atoms with Crippen LogP contribution in [0.3, 0.4) is 0 Å². The van der Waals surface area contributed by atoms with E-state index in [9.17, 15) is 0 Å². The van der Waals surface area contributed by atoms with Gasteiger partial charge in [-0.05, 0) is 24.1 Å². The van der Waals surface area contributed by atoms with Crippen LogP contribution in [0.5, 0.6) is 11.5 Å². The molecular weight excluding hydrogens is 254 g/mol. The number of guanidine groups is 1. The lowest BCUT2D eigenvalue weighted by atomic mass is 10.2. The number of hydrogen-bond acceptors (Lipinski definition) is 5. The third kappa shape index (κ3) is 3.56. The largest absolute Gasteiger partial charge is 0.493 e. The highest BCUT2D eigenvalue weighted by Gasteiger charge is 2.12. The van der Waals surface area contributed by atoms with E-state index < -0.39 is 0 Å². The fourth-order valence-electron chi connectivity index (χ4n) is 2.06. The van der Waals surface area contributed by atoms with Gasteiger partial charge in [-0.1, -0.05) is 13.0 Å². The first-order valence-corrected chi connectivity index (χ1v) is 7.03. The van der Waals surface area contributed by atoms with Crippen molar-refractivity contribution in [1.29, 1.82) is 0 Å². The highest BCUT2D eigenvalue weighted by Crippen LogP contribution is 2.28. The highest BCUT2D eigenvalue weighted by molar-refractivity contribution is 5.81. The van der Waals surface area contributed by atoms with Crippen LogP contribution in [-0.2, 0) is 6.54 Å². The van der Waals surface area contributed by atoms with Gasteiger partial charge in [-0.15, -0.1) is 0 Å². The Balaban J connectivity index is 1.98. The van der Waals surface area contributed by atoms with E-state index in [-0.39, 0.29) is 0 Å². The lowest BCUT2D eigenvalue weighted by Gasteiger charge is -2.16. The Bertz CT molecular complexity index is 474. The number of methoxy groups -OCH3 is 1. The van der Waals surface area contributed by atoms with Crippen LogP contribution in [0.15, 0.2) is 23.2 Å². The quantitative estimate of drug-likeness (QED) is 0.862. The van der Waals surface area contributed by atoms with Crippen molar-refractivity contribution in [3.63, 3.8) is 0 Å². The molecule has 1 heterocycles. The Kier molecular flexibility index (Phi) is 5.09. The molecule has 1 aliphatic heterocycles. The summed E-state index contributed by atoms with van der Waals surface area (Å²) in [5.41, 5.74) is 1.15. The van der Waals surface area contributed by atoms with Crippen LogP contribution in [0.4, 0.5) is 0 Å². The lowest BCUT2D eigenvalue weighted by molar-refractivity contribution is 0.294. The molecule has 0 atom stereocenters. The molecule has 110 valence electrons. The number of nitrogens with one attached hydrogen (secondary N) is 1. The average Bonchev–Trinajstić information content (AvgIpc) is 2.88. The van der Waals surface area contributed by atoms with Crippen molar-refractivity contribution >= 4 is 5.96 Å². The van der Waals surface area contributed by atoms with Crippen LogP contribution in [0, 0.1) is 0 Å². The molecule has 1 N–H and O–H groups in total. The molecule has 1 aliphatic rings. The van der Waals surface area contributed by atoms with Crippen LogP contribution in [-0.4, -0.2) is 44.7 Å². The number of hydrogen-bond donors (Lipinski definition) is 1. The molecular formula is C15H23N3O2. The van der Waals surface area contributed by atoms with Gasteiger partial charge in [0, 0.05) is 20.1 Å². The minimum absolute atomic E-state index is 0.704. The standard InChI is InChI=1S/C15H23N3O2/c1-4-9-20-13-6-5-12(10-14(13)19-3)11-17-15-16-7-8-18(15)2/h5-6,10H,4,7-9,11H2,1-3H3,(H,16,17). The van der Waals surface area contributed by atoms with Gasteiger partial charge in [0.15, 0.2) is 17.5 Å². The number of benzene rings is 1. The smallest absolute Gasteiger partial charge is 0.194 e. The summed E-state index contributed by atoms with van der Waals surface area (Å²) in [6.45, 7) is 5.37. The molecule has 20 heavy (non-hydrogen) atoms. The van der Waals surface area contributed by atoms with E-state index in [2.05, 4.69) is 28.2 Å². The van der Waals surface area contributed by atoms with Crippen LogP contribution in [0.25, 0.3) is 0 Å². The fraction of sp³-hybridized carbons (Fsp3) is 0.533. The van der Waals surface area contributed by atoms with Gasteiger partial charge in [-0.25, -0.2) is 0 Å². The minimum Gasteiger partial charge on any atom is -0.493 e. The molecule has 0 amide bonds. The Morgan fingerprint density at radius 1 is 1.35 bits per heavy atom. The number of nitrogens with zero attached hydrogens (tertiary/aromatic N) is 2. The predicted octanol–water partition coefficient (Wildman–Crippen LogP) is 1.88. The first kappa shape index (κ1) is 14.5. The molecule has 0 unspecified atom stereocenters. The number of rotatable bonds is 6. The normalized spacial score (nSPS) is 14.2. The second-order valence-electron chi connectivity index (χ2n) is 4.81. The van der Waals surface area contributed by atoms with E-state index in [0.717, 1.165) is 49.1 Å². The molecule has 5 nitrogen and oxygen atoms in total. The van der Waals surface area contributed by atoms with Crippen molar-refractivity contribution in [3.05, 3.63) is 23.8 Å². The van der Waals surface area contributed by atoms with Crippen LogP contribution < -0.4 is 14.8 Å². The second-order valence-corrected chi connectivity index (χ2v) is 4.81. The molecule has 0 aliphatic carbocycles. The zero-order chi connectivity index (χ0) is 14.4. The van der Waals surface area contributed by atoms with Crippen molar-refractivity contribution in [2.24, 2.45) is 4.99 Å². The minimum atomic E-state index is 0.704. The van der Waals surface area contributed by atoms with Crippen LogP contribution >= 0.6 is 0 Å². The van der Waals surface area contributed by atoms with Gasteiger partial charge in [-0.2, -0.15) is 0 Å². The van der Waals surface area contributed by atoms with Crippen molar-refractivity contribution < 1.29 is 9.47 Å². The van der Waals surface area contributed by atoms with Gasteiger partial charge in [0.2, 0.25) is 0 Å². The van der Waals surface area contributed by atoms with E-state index in [4.69, 9.17) is 9.47 Å². The molecule has 0 aromatic heterocycles. The number of likely N-dealkylation sites (N-methyl/N-ethyl adjacent to an activating group) is 1. The van der Waals surface area contributed by atoms with Crippen molar-refractivity contribution in [2.45, 2.75) is 19.9 Å². The maximum absolute atomic E-state index is 5.65. The Morgan fingerprint density at radius 2 is 2.20 bits per heavy atom. The van der Waals surface area contributed by atoms with Gasteiger partial charge in [0.25, 0.3) is 0 Å². The molecule has 2 rings (SSSR count). The average molecular weight is 277 g/mol. The third-order valence-corrected chi connectivity index (χ3v) is 3.20. The van der Waals surface area contributed by atoms with Gasteiger partial charge in [0.05, 0.1) is 20.3 Å². The molecule has 5 heteroatoms. The summed E-state index contributed by atoms with van der Waals surface area (Å²) in [5.74, 6) is 2.53. The Hall–Kier alpha value is -1.91. The maximum Gasteiger partial charge on any atom is 0.194 e. The molecule has 0 bridgehead atoms. The zero-order valence-corrected chi connectivity index (χ0v) is 12.5. The van der Waals surface area contributed by atoms with Gasteiger partial charge >= 0.3 is 0 Å². The van der Waals surface area contributed by atoms with E-state index in [1.54, 1.807) is 7.11 Å². The predicted molar refractivity (Wildman–Crippen MR) is 80.6 cm³/mol.